The van der Waals surface area contributed by atoms with Gasteiger partial charge in [0.25, 0.3) is 5.56 Å². The number of aromatic nitrogens is 3. The van der Waals surface area contributed by atoms with Gasteiger partial charge in [0, 0.05) is 38.4 Å². The highest BCUT2D eigenvalue weighted by Gasteiger charge is 2.29. The van der Waals surface area contributed by atoms with Gasteiger partial charge >= 0.3 is 0 Å². The zero-order valence-corrected chi connectivity index (χ0v) is 18.4. The number of pyridine rings is 1. The summed E-state index contributed by atoms with van der Waals surface area (Å²) in [5.41, 5.74) is 2.45. The van der Waals surface area contributed by atoms with Crippen LogP contribution in [0.5, 0.6) is 0 Å². The molecule has 1 aliphatic heterocycles. The Morgan fingerprint density at radius 2 is 1.77 bits per heavy atom. The Morgan fingerprint density at radius 1 is 1.06 bits per heavy atom. The van der Waals surface area contributed by atoms with E-state index in [-0.39, 0.29) is 23.4 Å². The van der Waals surface area contributed by atoms with Crippen molar-refractivity contribution < 1.29 is 4.79 Å². The first-order chi connectivity index (χ1) is 15.0. The van der Waals surface area contributed by atoms with Crippen molar-refractivity contribution in [1.82, 2.24) is 19.4 Å². The summed E-state index contributed by atoms with van der Waals surface area (Å²) in [6.07, 6.45) is 4.15. The predicted molar refractivity (Wildman–Crippen MR) is 122 cm³/mol. The Labute approximate surface area is 182 Å². The quantitative estimate of drug-likeness (QED) is 0.635. The molecule has 2 aromatic heterocycles. The molecule has 1 aliphatic rings. The summed E-state index contributed by atoms with van der Waals surface area (Å²) in [5.74, 6) is 0.484. The maximum Gasteiger partial charge on any atom is 0.294 e. The Kier molecular flexibility index (Phi) is 6.02. The van der Waals surface area contributed by atoms with Crippen LogP contribution in [0, 0.1) is 0 Å². The number of rotatable bonds is 5. The second kappa shape index (κ2) is 8.88. The SMILES string of the molecule is CCC(C(=O)N1CCN(c2nc3ccncc3n(C(C)C)c2=O)CC1)c1ccccc1. The normalized spacial score (nSPS) is 15.5. The molecule has 162 valence electrons. The molecular weight excluding hydrogens is 390 g/mol. The molecule has 7 nitrogen and oxygen atoms in total. The molecule has 1 atom stereocenters. The highest BCUT2D eigenvalue weighted by molar-refractivity contribution is 5.84. The van der Waals surface area contributed by atoms with Crippen LogP contribution in [0.2, 0.25) is 0 Å². The van der Waals surface area contributed by atoms with Crippen molar-refractivity contribution in [3.8, 4) is 0 Å². The maximum atomic E-state index is 13.2. The molecule has 0 bridgehead atoms. The molecule has 1 amide bonds. The third-order valence-corrected chi connectivity index (χ3v) is 5.99. The minimum Gasteiger partial charge on any atom is -0.348 e. The fourth-order valence-electron chi connectivity index (χ4n) is 4.35. The third kappa shape index (κ3) is 4.04. The van der Waals surface area contributed by atoms with Crippen LogP contribution in [-0.4, -0.2) is 51.5 Å². The van der Waals surface area contributed by atoms with E-state index in [0.29, 0.717) is 32.0 Å². The molecule has 0 spiro atoms. The van der Waals surface area contributed by atoms with E-state index in [1.807, 2.05) is 67.0 Å². The highest BCUT2D eigenvalue weighted by atomic mass is 16.2. The second-order valence-electron chi connectivity index (χ2n) is 8.25. The lowest BCUT2D eigenvalue weighted by atomic mass is 9.95. The first-order valence-corrected chi connectivity index (χ1v) is 11.0. The predicted octanol–water partition coefficient (Wildman–Crippen LogP) is 3.21. The summed E-state index contributed by atoms with van der Waals surface area (Å²) < 4.78 is 1.75. The Hall–Kier alpha value is -3.22. The smallest absolute Gasteiger partial charge is 0.294 e. The molecule has 0 radical (unpaired) electrons. The molecule has 0 aliphatic carbocycles. The molecule has 1 saturated heterocycles. The van der Waals surface area contributed by atoms with E-state index in [0.717, 1.165) is 23.0 Å². The van der Waals surface area contributed by atoms with Crippen LogP contribution < -0.4 is 10.5 Å². The van der Waals surface area contributed by atoms with E-state index in [4.69, 9.17) is 0 Å². The van der Waals surface area contributed by atoms with Crippen LogP contribution in [0.3, 0.4) is 0 Å². The first kappa shape index (κ1) is 21.0. The number of carbonyl (C=O) groups excluding carboxylic acids is 1. The van der Waals surface area contributed by atoms with Gasteiger partial charge in [-0.15, -0.1) is 0 Å². The fourth-order valence-corrected chi connectivity index (χ4v) is 4.35. The molecule has 1 aromatic carbocycles. The number of hydrogen-bond acceptors (Lipinski definition) is 5. The van der Waals surface area contributed by atoms with Gasteiger partial charge in [0.1, 0.15) is 0 Å². The van der Waals surface area contributed by atoms with Gasteiger partial charge in [0.15, 0.2) is 5.82 Å². The van der Waals surface area contributed by atoms with E-state index < -0.39 is 0 Å². The van der Waals surface area contributed by atoms with E-state index in [1.165, 1.54) is 0 Å². The molecule has 0 N–H and O–H groups in total. The van der Waals surface area contributed by atoms with Crippen LogP contribution in [0.25, 0.3) is 11.0 Å². The van der Waals surface area contributed by atoms with Crippen molar-refractivity contribution in [2.45, 2.75) is 39.2 Å². The van der Waals surface area contributed by atoms with Gasteiger partial charge in [-0.1, -0.05) is 37.3 Å². The van der Waals surface area contributed by atoms with Gasteiger partial charge in [0.05, 0.1) is 23.1 Å². The summed E-state index contributed by atoms with van der Waals surface area (Å²) >= 11 is 0. The average molecular weight is 420 g/mol. The number of anilines is 1. The molecule has 1 unspecified atom stereocenters. The topological polar surface area (TPSA) is 71.3 Å². The number of amides is 1. The van der Waals surface area contributed by atoms with E-state index >= 15 is 0 Å². The van der Waals surface area contributed by atoms with E-state index in [9.17, 15) is 9.59 Å². The Morgan fingerprint density at radius 3 is 2.42 bits per heavy atom. The van der Waals surface area contributed by atoms with Crippen LogP contribution in [0.4, 0.5) is 5.82 Å². The summed E-state index contributed by atoms with van der Waals surface area (Å²) in [7, 11) is 0. The van der Waals surface area contributed by atoms with Crippen molar-refractivity contribution in [3.05, 3.63) is 64.7 Å². The first-order valence-electron chi connectivity index (χ1n) is 11.0. The Bertz CT molecular complexity index is 1120. The molecule has 0 saturated carbocycles. The molecule has 4 rings (SSSR count). The third-order valence-electron chi connectivity index (χ3n) is 5.99. The van der Waals surface area contributed by atoms with Crippen LogP contribution >= 0.6 is 0 Å². The number of fused-ring (bicyclic) bond motifs is 1. The number of nitrogens with zero attached hydrogens (tertiary/aromatic N) is 5. The second-order valence-corrected chi connectivity index (χ2v) is 8.25. The van der Waals surface area contributed by atoms with Crippen molar-refractivity contribution >= 4 is 22.8 Å². The maximum absolute atomic E-state index is 13.2. The minimum absolute atomic E-state index is 0.00000151. The zero-order valence-electron chi connectivity index (χ0n) is 18.4. The van der Waals surface area contributed by atoms with Gasteiger partial charge in [-0.2, -0.15) is 0 Å². The fraction of sp³-hybridized carbons (Fsp3) is 0.417. The lowest BCUT2D eigenvalue weighted by Crippen LogP contribution is -2.51. The van der Waals surface area contributed by atoms with Gasteiger partial charge < -0.3 is 9.80 Å². The van der Waals surface area contributed by atoms with Crippen molar-refractivity contribution in [3.63, 3.8) is 0 Å². The van der Waals surface area contributed by atoms with Gasteiger partial charge in [-0.25, -0.2) is 4.98 Å². The molecule has 7 heteroatoms. The summed E-state index contributed by atoms with van der Waals surface area (Å²) in [4.78, 5) is 39.2. The van der Waals surface area contributed by atoms with E-state index in [1.54, 1.807) is 17.0 Å². The van der Waals surface area contributed by atoms with Crippen LogP contribution in [-0.2, 0) is 4.79 Å². The standard InChI is InChI=1S/C24H29N5O2/c1-4-19(18-8-6-5-7-9-18)23(30)28-14-12-27(13-15-28)22-24(31)29(17(2)3)21-16-25-11-10-20(21)26-22/h5-11,16-17,19H,4,12-15H2,1-3H3. The van der Waals surface area contributed by atoms with Crippen LogP contribution in [0.15, 0.2) is 53.6 Å². The monoisotopic (exact) mass is 419 g/mol. The van der Waals surface area contributed by atoms with E-state index in [2.05, 4.69) is 9.97 Å². The molecule has 1 fully saturated rings. The summed E-state index contributed by atoms with van der Waals surface area (Å²) in [5, 5.41) is 0. The number of benzene rings is 1. The lowest BCUT2D eigenvalue weighted by Gasteiger charge is -2.37. The highest BCUT2D eigenvalue weighted by Crippen LogP contribution is 2.24. The number of hydrogen-bond donors (Lipinski definition) is 0. The van der Waals surface area contributed by atoms with Gasteiger partial charge in [-0.05, 0) is 31.9 Å². The molecular formula is C24H29N5O2. The van der Waals surface area contributed by atoms with Crippen molar-refractivity contribution in [2.75, 3.05) is 31.1 Å². The summed E-state index contributed by atoms with van der Waals surface area (Å²) in [6, 6.07) is 11.8. The summed E-state index contributed by atoms with van der Waals surface area (Å²) in [6.45, 7) is 8.37. The largest absolute Gasteiger partial charge is 0.348 e. The number of carbonyl (C=O) groups is 1. The zero-order chi connectivity index (χ0) is 22.0. The van der Waals surface area contributed by atoms with Crippen LogP contribution in [0.1, 0.15) is 44.7 Å². The molecule has 31 heavy (non-hydrogen) atoms. The molecule has 3 aromatic rings. The number of piperazine rings is 1. The van der Waals surface area contributed by atoms with Gasteiger partial charge in [-0.3, -0.25) is 19.1 Å². The van der Waals surface area contributed by atoms with Gasteiger partial charge in [0.2, 0.25) is 5.91 Å². The molecule has 3 heterocycles. The minimum atomic E-state index is -0.128. The Balaban J connectivity index is 1.55. The lowest BCUT2D eigenvalue weighted by molar-refractivity contribution is -0.133. The average Bonchev–Trinajstić information content (AvgIpc) is 2.79. The van der Waals surface area contributed by atoms with Crippen molar-refractivity contribution in [1.29, 1.82) is 0 Å². The van der Waals surface area contributed by atoms with Crippen molar-refractivity contribution in [2.24, 2.45) is 0 Å².